The summed E-state index contributed by atoms with van der Waals surface area (Å²) in [6.45, 7) is 3.73. The number of amides is 1. The fourth-order valence-electron chi connectivity index (χ4n) is 2.34. The third-order valence-electron chi connectivity index (χ3n) is 3.64. The monoisotopic (exact) mass is 352 g/mol. The van der Waals surface area contributed by atoms with Crippen molar-refractivity contribution in [3.63, 3.8) is 0 Å². The van der Waals surface area contributed by atoms with Crippen molar-refractivity contribution in [2.24, 2.45) is 0 Å². The van der Waals surface area contributed by atoms with Crippen molar-refractivity contribution in [2.45, 2.75) is 32.6 Å². The molecule has 0 bridgehead atoms. The van der Waals surface area contributed by atoms with Crippen LogP contribution in [0.5, 0.6) is 0 Å². The Labute approximate surface area is 144 Å². The van der Waals surface area contributed by atoms with E-state index in [0.717, 1.165) is 5.56 Å². The highest BCUT2D eigenvalue weighted by Crippen LogP contribution is 2.28. The maximum Gasteiger partial charge on any atom is 0.263 e. The van der Waals surface area contributed by atoms with Gasteiger partial charge in [-0.05, 0) is 37.6 Å². The fourth-order valence-corrected chi connectivity index (χ4v) is 3.32. The number of aromatic nitrogens is 1. The zero-order chi connectivity index (χ0) is 17.7. The van der Waals surface area contributed by atoms with Crippen molar-refractivity contribution >= 4 is 17.2 Å². The van der Waals surface area contributed by atoms with Gasteiger partial charge in [-0.15, -0.1) is 11.3 Å². The molecule has 1 aromatic heterocycles. The van der Waals surface area contributed by atoms with Crippen molar-refractivity contribution < 1.29 is 18.7 Å². The highest BCUT2D eigenvalue weighted by Gasteiger charge is 2.24. The summed E-state index contributed by atoms with van der Waals surface area (Å²) >= 11 is 1.28. The number of thiazole rings is 1. The normalized spacial score (nSPS) is 12.4. The number of hydrogen-bond acceptors (Lipinski definition) is 5. The molecule has 0 aliphatic carbocycles. The van der Waals surface area contributed by atoms with E-state index >= 15 is 0 Å². The van der Waals surface area contributed by atoms with E-state index in [4.69, 9.17) is 9.47 Å². The molecule has 2 aromatic rings. The summed E-state index contributed by atoms with van der Waals surface area (Å²) < 4.78 is 23.5. The molecule has 0 aliphatic heterocycles. The van der Waals surface area contributed by atoms with Gasteiger partial charge in [-0.3, -0.25) is 4.79 Å². The summed E-state index contributed by atoms with van der Waals surface area (Å²) in [6.07, 6.45) is 0.157. The van der Waals surface area contributed by atoms with Crippen LogP contribution in [-0.4, -0.2) is 37.4 Å². The number of carbonyl (C=O) groups is 1. The molecule has 0 unspecified atom stereocenters. The lowest BCUT2D eigenvalue weighted by Gasteiger charge is -2.24. The maximum absolute atomic E-state index is 13.0. The number of ether oxygens (including phenoxy) is 2. The number of methoxy groups -OCH3 is 2. The average Bonchev–Trinajstić information content (AvgIpc) is 2.97. The van der Waals surface area contributed by atoms with Gasteiger partial charge >= 0.3 is 0 Å². The molecule has 0 spiro atoms. The molecule has 0 radical (unpaired) electrons. The third-order valence-corrected chi connectivity index (χ3v) is 4.85. The van der Waals surface area contributed by atoms with Crippen molar-refractivity contribution in [2.75, 3.05) is 14.2 Å². The van der Waals surface area contributed by atoms with Crippen LogP contribution >= 0.6 is 11.3 Å². The number of rotatable bonds is 7. The fraction of sp³-hybridized carbons (Fsp3) is 0.412. The summed E-state index contributed by atoms with van der Waals surface area (Å²) in [5.41, 5.74) is 1.42. The first-order chi connectivity index (χ1) is 11.5. The minimum Gasteiger partial charge on any atom is -0.354 e. The zero-order valence-corrected chi connectivity index (χ0v) is 14.9. The van der Waals surface area contributed by atoms with Gasteiger partial charge in [-0.25, -0.2) is 9.37 Å². The van der Waals surface area contributed by atoms with Gasteiger partial charge in [0.2, 0.25) is 0 Å². The van der Waals surface area contributed by atoms with E-state index in [9.17, 15) is 9.18 Å². The Morgan fingerprint density at radius 2 is 1.92 bits per heavy atom. The Hall–Kier alpha value is -1.83. The van der Waals surface area contributed by atoms with Crippen LogP contribution < -0.4 is 5.32 Å². The van der Waals surface area contributed by atoms with Crippen LogP contribution in [0.3, 0.4) is 0 Å². The predicted molar refractivity (Wildman–Crippen MR) is 91.6 cm³/mol. The molecule has 1 amide bonds. The molecule has 130 valence electrons. The van der Waals surface area contributed by atoms with Gasteiger partial charge in [-0.2, -0.15) is 0 Å². The highest BCUT2D eigenvalue weighted by atomic mass is 32.1. The van der Waals surface area contributed by atoms with E-state index in [1.807, 2.05) is 6.92 Å². The average molecular weight is 352 g/mol. The number of benzene rings is 1. The molecule has 0 fully saturated rings. The Kier molecular flexibility index (Phi) is 6.42. The smallest absolute Gasteiger partial charge is 0.263 e. The molecule has 1 N–H and O–H groups in total. The molecular formula is C17H21FN2O3S. The summed E-state index contributed by atoms with van der Waals surface area (Å²) in [6, 6.07) is 5.79. The standard InChI is InChI=1S/C17H21FN2O3S/c1-5-13(17(22-3)23-4)20-15(21)14-10(2)19-16(24-14)11-6-8-12(18)9-7-11/h6-9,13,17H,5H2,1-4H3,(H,20,21)/t13-/m1/s1. The van der Waals surface area contributed by atoms with Crippen LogP contribution in [0, 0.1) is 12.7 Å². The highest BCUT2D eigenvalue weighted by molar-refractivity contribution is 7.17. The zero-order valence-electron chi connectivity index (χ0n) is 14.1. The topological polar surface area (TPSA) is 60.5 Å². The van der Waals surface area contributed by atoms with Gasteiger partial charge in [0.05, 0.1) is 11.7 Å². The van der Waals surface area contributed by atoms with Crippen LogP contribution in [0.1, 0.15) is 28.7 Å². The number of carbonyl (C=O) groups excluding carboxylic acids is 1. The summed E-state index contributed by atoms with van der Waals surface area (Å²) in [7, 11) is 3.07. The lowest BCUT2D eigenvalue weighted by Crippen LogP contribution is -2.44. The van der Waals surface area contributed by atoms with Crippen LogP contribution in [0.15, 0.2) is 24.3 Å². The van der Waals surface area contributed by atoms with E-state index in [1.165, 1.54) is 37.7 Å². The first-order valence-electron chi connectivity index (χ1n) is 7.60. The van der Waals surface area contributed by atoms with Crippen molar-refractivity contribution in [1.29, 1.82) is 0 Å². The van der Waals surface area contributed by atoms with Crippen LogP contribution in [0.4, 0.5) is 4.39 Å². The number of halogens is 1. The molecule has 2 rings (SSSR count). The molecule has 1 aromatic carbocycles. The van der Waals surface area contributed by atoms with Crippen LogP contribution in [0.2, 0.25) is 0 Å². The SMILES string of the molecule is CC[C@@H](NC(=O)c1sc(-c2ccc(F)cc2)nc1C)C(OC)OC. The largest absolute Gasteiger partial charge is 0.354 e. The lowest BCUT2D eigenvalue weighted by molar-refractivity contribution is -0.121. The number of hydrogen-bond donors (Lipinski definition) is 1. The first kappa shape index (κ1) is 18.5. The summed E-state index contributed by atoms with van der Waals surface area (Å²) in [4.78, 5) is 17.5. The Morgan fingerprint density at radius 3 is 2.46 bits per heavy atom. The van der Waals surface area contributed by atoms with Crippen molar-refractivity contribution in [1.82, 2.24) is 10.3 Å². The second-order valence-corrected chi connectivity index (χ2v) is 6.27. The van der Waals surface area contributed by atoms with E-state index in [1.54, 1.807) is 19.1 Å². The summed E-state index contributed by atoms with van der Waals surface area (Å²) in [5.74, 6) is -0.523. The molecule has 24 heavy (non-hydrogen) atoms. The predicted octanol–water partition coefficient (Wildman–Crippen LogP) is 3.38. The van der Waals surface area contributed by atoms with E-state index in [0.29, 0.717) is 22.0 Å². The Balaban J connectivity index is 2.19. The van der Waals surface area contributed by atoms with Gasteiger partial charge in [0, 0.05) is 19.8 Å². The number of nitrogens with one attached hydrogen (secondary N) is 1. The maximum atomic E-state index is 13.0. The van der Waals surface area contributed by atoms with Gasteiger partial charge in [0.1, 0.15) is 15.7 Å². The van der Waals surface area contributed by atoms with Gasteiger partial charge in [0.25, 0.3) is 5.91 Å². The molecule has 0 saturated carbocycles. The summed E-state index contributed by atoms with van der Waals surface area (Å²) in [5, 5.41) is 3.60. The molecule has 7 heteroatoms. The second kappa shape index (κ2) is 8.32. The minimum atomic E-state index is -0.510. The molecule has 1 atom stereocenters. The van der Waals surface area contributed by atoms with Gasteiger partial charge < -0.3 is 14.8 Å². The molecular weight excluding hydrogens is 331 g/mol. The Morgan fingerprint density at radius 1 is 1.29 bits per heavy atom. The van der Waals surface area contributed by atoms with Gasteiger partial charge in [-0.1, -0.05) is 6.92 Å². The van der Waals surface area contributed by atoms with Crippen molar-refractivity contribution in [3.05, 3.63) is 40.7 Å². The number of aryl methyl sites for hydroxylation is 1. The second-order valence-electron chi connectivity index (χ2n) is 5.27. The lowest BCUT2D eigenvalue weighted by atomic mass is 10.2. The molecule has 0 aliphatic rings. The van der Waals surface area contributed by atoms with E-state index in [2.05, 4.69) is 10.3 Å². The van der Waals surface area contributed by atoms with Gasteiger partial charge in [0.15, 0.2) is 6.29 Å². The van der Waals surface area contributed by atoms with Crippen LogP contribution in [0.25, 0.3) is 10.6 Å². The quantitative estimate of drug-likeness (QED) is 0.776. The van der Waals surface area contributed by atoms with E-state index < -0.39 is 6.29 Å². The molecule has 1 heterocycles. The molecule has 5 nitrogen and oxygen atoms in total. The third kappa shape index (κ3) is 4.17. The number of nitrogens with zero attached hydrogens (tertiary/aromatic N) is 1. The van der Waals surface area contributed by atoms with Crippen LogP contribution in [-0.2, 0) is 9.47 Å². The van der Waals surface area contributed by atoms with E-state index in [-0.39, 0.29) is 17.8 Å². The minimum absolute atomic E-state index is 0.218. The Bertz CT molecular complexity index is 684. The van der Waals surface area contributed by atoms with Crippen molar-refractivity contribution in [3.8, 4) is 10.6 Å². The first-order valence-corrected chi connectivity index (χ1v) is 8.41. The molecule has 0 saturated heterocycles.